The van der Waals surface area contributed by atoms with E-state index in [2.05, 4.69) is 25.9 Å². The van der Waals surface area contributed by atoms with Crippen molar-refractivity contribution in [2.45, 2.75) is 0 Å². The van der Waals surface area contributed by atoms with E-state index in [1.807, 2.05) is 24.3 Å². The Bertz CT molecular complexity index is 569. The molecule has 0 bridgehead atoms. The number of nitrogens with two attached hydrogens (primary N) is 1. The molecule has 2 N–H and O–H groups in total. The van der Waals surface area contributed by atoms with Gasteiger partial charge >= 0.3 is 0 Å². The Balaban J connectivity index is 2.42. The van der Waals surface area contributed by atoms with Gasteiger partial charge in [0, 0.05) is 11.8 Å². The zero-order valence-corrected chi connectivity index (χ0v) is 11.1. The van der Waals surface area contributed by atoms with Crippen molar-refractivity contribution in [1.82, 2.24) is 4.98 Å². The van der Waals surface area contributed by atoms with E-state index in [0.29, 0.717) is 26.7 Å². The van der Waals surface area contributed by atoms with Gasteiger partial charge in [0.1, 0.15) is 10.4 Å². The molecular weight excluding hydrogens is 302 g/mol. The number of aliphatic imine (C=N–C) groups is 1. The quantitative estimate of drug-likeness (QED) is 0.524. The van der Waals surface area contributed by atoms with Gasteiger partial charge in [0.15, 0.2) is 0 Å². The molecule has 17 heavy (non-hydrogen) atoms. The predicted octanol–water partition coefficient (Wildman–Crippen LogP) is 3.53. The Hall–Kier alpha value is -1.39. The van der Waals surface area contributed by atoms with Crippen molar-refractivity contribution in [3.63, 3.8) is 0 Å². The third-order valence-electron chi connectivity index (χ3n) is 2.13. The number of pyridine rings is 1. The molecule has 0 spiro atoms. The molecule has 0 saturated carbocycles. The molecule has 0 saturated heterocycles. The molecule has 0 aliphatic rings. The monoisotopic (exact) mass is 309 g/mol. The number of aromatic nitrogens is 1. The molecule has 0 fully saturated rings. The van der Waals surface area contributed by atoms with Crippen LogP contribution in [0.3, 0.4) is 0 Å². The summed E-state index contributed by atoms with van der Waals surface area (Å²) in [5.41, 5.74) is 7.30. The maximum absolute atomic E-state index is 6.04. The van der Waals surface area contributed by atoms with Gasteiger partial charge in [-0.1, -0.05) is 23.7 Å². The van der Waals surface area contributed by atoms with Gasteiger partial charge in [-0.3, -0.25) is 0 Å². The van der Waals surface area contributed by atoms with E-state index in [0.717, 1.165) is 0 Å². The van der Waals surface area contributed by atoms with Gasteiger partial charge in [0.05, 0.1) is 10.7 Å². The van der Waals surface area contributed by atoms with Crippen molar-refractivity contribution >= 4 is 39.1 Å². The molecule has 0 aliphatic carbocycles. The molecule has 0 atom stereocenters. The first kappa shape index (κ1) is 12.1. The van der Waals surface area contributed by atoms with Crippen molar-refractivity contribution in [2.24, 2.45) is 10.7 Å². The van der Waals surface area contributed by atoms with Crippen LogP contribution < -0.4 is 5.73 Å². The smallest absolute Gasteiger partial charge is 0.132 e. The molecule has 2 aromatic rings. The summed E-state index contributed by atoms with van der Waals surface area (Å²) in [5, 5.41) is 0.578. The van der Waals surface area contributed by atoms with Crippen molar-refractivity contribution in [3.05, 3.63) is 57.8 Å². The van der Waals surface area contributed by atoms with Gasteiger partial charge in [-0.15, -0.1) is 0 Å². The van der Waals surface area contributed by atoms with Crippen molar-refractivity contribution < 1.29 is 0 Å². The molecule has 5 heteroatoms. The highest BCUT2D eigenvalue weighted by molar-refractivity contribution is 9.10. The molecule has 0 radical (unpaired) electrons. The highest BCUT2D eigenvalue weighted by Crippen LogP contribution is 2.23. The Morgan fingerprint density at radius 3 is 2.71 bits per heavy atom. The molecule has 1 aromatic carbocycles. The summed E-state index contributed by atoms with van der Waals surface area (Å²) in [5.74, 6) is 0.365. The zero-order chi connectivity index (χ0) is 12.3. The summed E-state index contributed by atoms with van der Waals surface area (Å²) in [6.07, 6.45) is 1.68. The molecule has 0 amide bonds. The summed E-state index contributed by atoms with van der Waals surface area (Å²) >= 11 is 9.35. The van der Waals surface area contributed by atoms with E-state index in [-0.39, 0.29) is 0 Å². The van der Waals surface area contributed by atoms with Crippen molar-refractivity contribution in [1.29, 1.82) is 0 Å². The minimum absolute atomic E-state index is 0.365. The number of amidine groups is 1. The first-order valence-electron chi connectivity index (χ1n) is 4.88. The predicted molar refractivity (Wildman–Crippen MR) is 73.8 cm³/mol. The maximum atomic E-state index is 6.04. The number of rotatable bonds is 2. The number of hydrogen-bond donors (Lipinski definition) is 1. The number of benzene rings is 1. The molecule has 2 rings (SSSR count). The van der Waals surface area contributed by atoms with Crippen molar-refractivity contribution in [2.75, 3.05) is 0 Å². The highest BCUT2D eigenvalue weighted by Gasteiger charge is 2.05. The van der Waals surface area contributed by atoms with Crippen LogP contribution in [-0.4, -0.2) is 10.8 Å². The lowest BCUT2D eigenvalue weighted by molar-refractivity contribution is 1.25. The van der Waals surface area contributed by atoms with Crippen LogP contribution in [0.25, 0.3) is 0 Å². The Morgan fingerprint density at radius 1 is 1.24 bits per heavy atom. The third kappa shape index (κ3) is 2.84. The number of nitrogens with zero attached hydrogens (tertiary/aromatic N) is 2. The van der Waals surface area contributed by atoms with Crippen LogP contribution in [0, 0.1) is 0 Å². The van der Waals surface area contributed by atoms with Crippen LogP contribution in [-0.2, 0) is 0 Å². The standard InChI is InChI=1S/C12H9BrClN3/c13-11-10(6-3-7-16-11)17-12(15)8-4-1-2-5-9(8)14/h1-7H,(H2,15,17). The SMILES string of the molecule is NC(=Nc1cccnc1Br)c1ccccc1Cl. The van der Waals surface area contributed by atoms with Gasteiger partial charge in [-0.05, 0) is 40.2 Å². The normalized spacial score (nSPS) is 11.5. The molecule has 1 aromatic heterocycles. The van der Waals surface area contributed by atoms with Crippen LogP contribution in [0.2, 0.25) is 5.02 Å². The summed E-state index contributed by atoms with van der Waals surface area (Å²) in [7, 11) is 0. The lowest BCUT2D eigenvalue weighted by Gasteiger charge is -2.03. The van der Waals surface area contributed by atoms with E-state index in [1.54, 1.807) is 18.3 Å². The summed E-state index contributed by atoms with van der Waals surface area (Å²) < 4.78 is 0.648. The molecule has 3 nitrogen and oxygen atoms in total. The Morgan fingerprint density at radius 2 is 2.00 bits per heavy atom. The van der Waals surface area contributed by atoms with Gasteiger partial charge < -0.3 is 5.73 Å². The molecule has 86 valence electrons. The second-order valence-electron chi connectivity index (χ2n) is 3.29. The van der Waals surface area contributed by atoms with Crippen molar-refractivity contribution in [3.8, 4) is 0 Å². The fourth-order valence-electron chi connectivity index (χ4n) is 1.32. The van der Waals surface area contributed by atoms with E-state index in [4.69, 9.17) is 17.3 Å². The molecule has 1 heterocycles. The van der Waals surface area contributed by atoms with Crippen LogP contribution in [0.4, 0.5) is 5.69 Å². The van der Waals surface area contributed by atoms with E-state index in [9.17, 15) is 0 Å². The van der Waals surface area contributed by atoms with Gasteiger partial charge in [0.2, 0.25) is 0 Å². The first-order chi connectivity index (χ1) is 8.18. The number of hydrogen-bond acceptors (Lipinski definition) is 2. The average Bonchev–Trinajstić information content (AvgIpc) is 2.32. The first-order valence-corrected chi connectivity index (χ1v) is 6.05. The summed E-state index contributed by atoms with van der Waals surface area (Å²) in [4.78, 5) is 8.36. The minimum atomic E-state index is 0.365. The second-order valence-corrected chi connectivity index (χ2v) is 4.45. The Kier molecular flexibility index (Phi) is 3.76. The zero-order valence-electron chi connectivity index (χ0n) is 8.77. The fourth-order valence-corrected chi connectivity index (χ4v) is 1.89. The van der Waals surface area contributed by atoms with Gasteiger partial charge in [0.25, 0.3) is 0 Å². The lowest BCUT2D eigenvalue weighted by Crippen LogP contribution is -2.13. The maximum Gasteiger partial charge on any atom is 0.132 e. The summed E-state index contributed by atoms with van der Waals surface area (Å²) in [6.45, 7) is 0. The molecule has 0 unspecified atom stereocenters. The fraction of sp³-hybridized carbons (Fsp3) is 0. The van der Waals surface area contributed by atoms with Crippen LogP contribution >= 0.6 is 27.5 Å². The molecular formula is C12H9BrClN3. The Labute approximate surface area is 112 Å². The highest BCUT2D eigenvalue weighted by atomic mass is 79.9. The average molecular weight is 311 g/mol. The summed E-state index contributed by atoms with van der Waals surface area (Å²) in [6, 6.07) is 10.9. The van der Waals surface area contributed by atoms with Gasteiger partial charge in [-0.2, -0.15) is 0 Å². The van der Waals surface area contributed by atoms with Crippen LogP contribution in [0.5, 0.6) is 0 Å². The lowest BCUT2D eigenvalue weighted by atomic mass is 10.2. The topological polar surface area (TPSA) is 51.3 Å². The van der Waals surface area contributed by atoms with Crippen LogP contribution in [0.1, 0.15) is 5.56 Å². The van der Waals surface area contributed by atoms with E-state index < -0.39 is 0 Å². The van der Waals surface area contributed by atoms with Crippen LogP contribution in [0.15, 0.2) is 52.2 Å². The second kappa shape index (κ2) is 5.29. The minimum Gasteiger partial charge on any atom is -0.383 e. The van der Waals surface area contributed by atoms with E-state index >= 15 is 0 Å². The number of halogens is 2. The van der Waals surface area contributed by atoms with E-state index in [1.165, 1.54) is 0 Å². The van der Waals surface area contributed by atoms with Gasteiger partial charge in [-0.25, -0.2) is 9.98 Å². The largest absolute Gasteiger partial charge is 0.383 e. The molecule has 0 aliphatic heterocycles. The third-order valence-corrected chi connectivity index (χ3v) is 3.07.